The summed E-state index contributed by atoms with van der Waals surface area (Å²) in [4.78, 5) is 0. The van der Waals surface area contributed by atoms with E-state index < -0.39 is 47.0 Å². The second kappa shape index (κ2) is 9.40. The van der Waals surface area contributed by atoms with Crippen LogP contribution in [0.15, 0.2) is 36.4 Å². The molecule has 0 spiro atoms. The average molecular weight is 621 g/mol. The number of alkyl halides is 12. The molecule has 0 saturated heterocycles. The van der Waals surface area contributed by atoms with Gasteiger partial charge in [0.2, 0.25) is 0 Å². The number of hydrogen-bond acceptors (Lipinski definition) is 0. The van der Waals surface area contributed by atoms with E-state index in [0.717, 1.165) is 0 Å². The van der Waals surface area contributed by atoms with Crippen molar-refractivity contribution in [3.05, 3.63) is 70.8 Å². The summed E-state index contributed by atoms with van der Waals surface area (Å²) in [6.07, 6.45) is -19.1. The van der Waals surface area contributed by atoms with Crippen LogP contribution in [-0.4, -0.2) is 0 Å². The summed E-state index contributed by atoms with van der Waals surface area (Å²) in [6, 6.07) is 5.73. The Kier molecular flexibility index (Phi) is 8.85. The van der Waals surface area contributed by atoms with Gasteiger partial charge in [-0.2, -0.15) is 89.1 Å². The minimum absolute atomic E-state index is 0. The van der Waals surface area contributed by atoms with Crippen LogP contribution in [0.25, 0.3) is 0 Å². The summed E-state index contributed by atoms with van der Waals surface area (Å²) < 4.78 is 144. The van der Waals surface area contributed by atoms with Gasteiger partial charge in [0.1, 0.15) is 0 Å². The summed E-state index contributed by atoms with van der Waals surface area (Å²) in [5, 5.41) is 0. The SMILES string of the molecule is FC(F)(F)c1[c-]ccc(C(F)(F)F)c1.FC(F)(F)c1[c-]ccc(C(F)(F)F)c1.[Pt+2]. The molecular weight excluding hydrogens is 615 g/mol. The third kappa shape index (κ3) is 8.67. The van der Waals surface area contributed by atoms with Crippen LogP contribution in [-0.2, 0) is 45.8 Å². The van der Waals surface area contributed by atoms with Crippen molar-refractivity contribution >= 4 is 0 Å². The Morgan fingerprint density at radius 3 is 0.966 bits per heavy atom. The second-order valence-corrected chi connectivity index (χ2v) is 4.97. The van der Waals surface area contributed by atoms with E-state index in [1.165, 1.54) is 0 Å². The van der Waals surface area contributed by atoms with Gasteiger partial charge in [-0.1, -0.05) is 22.3 Å². The fourth-order valence-electron chi connectivity index (χ4n) is 1.61. The smallest absolute Gasteiger partial charge is 0.176 e. The van der Waals surface area contributed by atoms with Gasteiger partial charge in [-0.3, -0.25) is 0 Å². The van der Waals surface area contributed by atoms with Crippen LogP contribution in [0.3, 0.4) is 0 Å². The Bertz CT molecular complexity index is 658. The Morgan fingerprint density at radius 1 is 0.483 bits per heavy atom. The van der Waals surface area contributed by atoms with Gasteiger partial charge in [0.15, 0.2) is 0 Å². The summed E-state index contributed by atoms with van der Waals surface area (Å²) in [6.45, 7) is 0. The molecule has 0 aliphatic carbocycles. The molecule has 0 fully saturated rings. The van der Waals surface area contributed by atoms with Gasteiger partial charge in [0.25, 0.3) is 0 Å². The van der Waals surface area contributed by atoms with E-state index in [4.69, 9.17) is 0 Å². The molecule has 2 aromatic rings. The first-order valence-electron chi connectivity index (χ1n) is 6.74. The fraction of sp³-hybridized carbons (Fsp3) is 0.250. The minimum Gasteiger partial charge on any atom is -0.176 e. The third-order valence-corrected chi connectivity index (χ3v) is 2.87. The van der Waals surface area contributed by atoms with Crippen molar-refractivity contribution < 1.29 is 73.8 Å². The number of hydrogen-bond donors (Lipinski definition) is 0. The van der Waals surface area contributed by atoms with Crippen LogP contribution in [0, 0.1) is 12.1 Å². The van der Waals surface area contributed by atoms with Gasteiger partial charge in [0, 0.05) is 0 Å². The van der Waals surface area contributed by atoms with Crippen LogP contribution in [0.1, 0.15) is 22.3 Å². The van der Waals surface area contributed by atoms with E-state index in [9.17, 15) is 52.7 Å². The molecular formula is C16H6F12Pt. The normalized spacial score (nSPS) is 12.6. The molecule has 0 unspecified atom stereocenters. The first-order chi connectivity index (χ1) is 12.4. The van der Waals surface area contributed by atoms with E-state index in [0.29, 0.717) is 24.3 Å². The van der Waals surface area contributed by atoms with Gasteiger partial charge < -0.3 is 0 Å². The molecule has 0 heterocycles. The molecule has 2 rings (SSSR count). The van der Waals surface area contributed by atoms with Crippen molar-refractivity contribution in [2.24, 2.45) is 0 Å². The van der Waals surface area contributed by atoms with E-state index in [1.54, 1.807) is 12.1 Å². The number of benzene rings is 2. The van der Waals surface area contributed by atoms with Gasteiger partial charge in [-0.25, -0.2) is 0 Å². The zero-order valence-electron chi connectivity index (χ0n) is 13.3. The van der Waals surface area contributed by atoms with Crippen molar-refractivity contribution in [3.8, 4) is 0 Å². The van der Waals surface area contributed by atoms with Gasteiger partial charge in [-0.05, 0) is 0 Å². The van der Waals surface area contributed by atoms with Crippen molar-refractivity contribution in [1.29, 1.82) is 0 Å². The standard InChI is InChI=1S/2C8H3F6.Pt/c2*9-7(10,11)5-2-1-3-6(4-5)8(12,13)14;/h2*1-2,4H;/q2*-1;+2. The monoisotopic (exact) mass is 621 g/mol. The third-order valence-electron chi connectivity index (χ3n) is 2.87. The van der Waals surface area contributed by atoms with E-state index in [1.807, 2.05) is 0 Å². The molecule has 2 aromatic carbocycles. The predicted octanol–water partition coefficient (Wildman–Crippen LogP) is 7.05. The maximum absolute atomic E-state index is 12.0. The molecule has 0 aliphatic rings. The van der Waals surface area contributed by atoms with E-state index in [-0.39, 0.29) is 33.2 Å². The molecule has 0 saturated carbocycles. The molecule has 0 N–H and O–H groups in total. The van der Waals surface area contributed by atoms with E-state index in [2.05, 4.69) is 0 Å². The molecule has 0 aromatic heterocycles. The van der Waals surface area contributed by atoms with E-state index >= 15 is 0 Å². The first kappa shape index (κ1) is 27.3. The number of halogens is 12. The van der Waals surface area contributed by atoms with Crippen LogP contribution >= 0.6 is 0 Å². The van der Waals surface area contributed by atoms with Gasteiger partial charge >= 0.3 is 45.8 Å². The topological polar surface area (TPSA) is 0 Å². The molecule has 0 atom stereocenters. The average Bonchev–Trinajstić information content (AvgIpc) is 2.52. The summed E-state index contributed by atoms with van der Waals surface area (Å²) >= 11 is 0. The maximum atomic E-state index is 12.0. The van der Waals surface area contributed by atoms with Crippen LogP contribution in [0.4, 0.5) is 52.7 Å². The molecule has 0 bridgehead atoms. The molecule has 0 amide bonds. The molecule has 0 nitrogen and oxygen atoms in total. The summed E-state index contributed by atoms with van der Waals surface area (Å²) in [5.74, 6) is 0. The van der Waals surface area contributed by atoms with Crippen molar-refractivity contribution in [1.82, 2.24) is 0 Å². The zero-order chi connectivity index (χ0) is 22.0. The number of rotatable bonds is 0. The minimum atomic E-state index is -4.80. The van der Waals surface area contributed by atoms with Gasteiger partial charge in [0.05, 0.1) is 0 Å². The van der Waals surface area contributed by atoms with Crippen molar-refractivity contribution in [2.75, 3.05) is 0 Å². The quantitative estimate of drug-likeness (QED) is 0.219. The van der Waals surface area contributed by atoms with Crippen molar-refractivity contribution in [2.45, 2.75) is 24.7 Å². The Balaban J connectivity index is 0.000000523. The largest absolute Gasteiger partial charge is 2.00 e. The summed E-state index contributed by atoms with van der Waals surface area (Å²) in [5.41, 5.74) is -5.51. The van der Waals surface area contributed by atoms with Crippen LogP contribution in [0.2, 0.25) is 0 Å². The molecule has 0 aliphatic heterocycles. The van der Waals surface area contributed by atoms with Gasteiger partial charge in [-0.15, -0.1) is 12.1 Å². The zero-order valence-corrected chi connectivity index (χ0v) is 15.6. The Morgan fingerprint density at radius 2 is 0.759 bits per heavy atom. The molecule has 13 heteroatoms. The van der Waals surface area contributed by atoms with Crippen molar-refractivity contribution in [3.63, 3.8) is 0 Å². The maximum Gasteiger partial charge on any atom is 2.00 e. The first-order valence-corrected chi connectivity index (χ1v) is 6.74. The molecule has 164 valence electrons. The second-order valence-electron chi connectivity index (χ2n) is 4.97. The Labute approximate surface area is 169 Å². The molecule has 0 radical (unpaired) electrons. The fourth-order valence-corrected chi connectivity index (χ4v) is 1.61. The van der Waals surface area contributed by atoms with Crippen LogP contribution < -0.4 is 0 Å². The molecule has 29 heavy (non-hydrogen) atoms. The summed E-state index contributed by atoms with van der Waals surface area (Å²) in [7, 11) is 0. The Hall–Kier alpha value is -1.71. The van der Waals surface area contributed by atoms with Crippen LogP contribution in [0.5, 0.6) is 0 Å². The predicted molar refractivity (Wildman–Crippen MR) is 70.6 cm³/mol.